The summed E-state index contributed by atoms with van der Waals surface area (Å²) < 4.78 is 0.901. The van der Waals surface area contributed by atoms with Crippen molar-refractivity contribution in [3.05, 3.63) is 52.0 Å². The molecule has 0 aliphatic carbocycles. The zero-order valence-electron chi connectivity index (χ0n) is 8.32. The number of nitrogens with one attached hydrogen (secondary N) is 1. The molecular formula is C11H9BrClN3. The molecule has 1 heterocycles. The van der Waals surface area contributed by atoms with Crippen molar-refractivity contribution in [1.82, 2.24) is 9.97 Å². The maximum atomic E-state index is 5.91. The summed E-state index contributed by atoms with van der Waals surface area (Å²) >= 11 is 9.30. The van der Waals surface area contributed by atoms with E-state index in [2.05, 4.69) is 31.2 Å². The molecule has 0 spiro atoms. The first-order valence-electron chi connectivity index (χ1n) is 4.68. The van der Waals surface area contributed by atoms with Crippen molar-refractivity contribution in [3.8, 4) is 0 Å². The predicted octanol–water partition coefficient (Wildman–Crippen LogP) is 3.50. The Morgan fingerprint density at radius 3 is 2.69 bits per heavy atom. The van der Waals surface area contributed by atoms with Crippen LogP contribution in [0.1, 0.15) is 5.56 Å². The molecule has 16 heavy (non-hydrogen) atoms. The van der Waals surface area contributed by atoms with Crippen LogP contribution in [0.25, 0.3) is 0 Å². The van der Waals surface area contributed by atoms with Crippen molar-refractivity contribution in [1.29, 1.82) is 0 Å². The smallest absolute Gasteiger partial charge is 0.115 e. The van der Waals surface area contributed by atoms with Gasteiger partial charge in [0, 0.05) is 11.0 Å². The average molecular weight is 299 g/mol. The van der Waals surface area contributed by atoms with Gasteiger partial charge in [0.1, 0.15) is 6.33 Å². The minimum Gasteiger partial charge on any atom is -0.378 e. The van der Waals surface area contributed by atoms with Gasteiger partial charge >= 0.3 is 0 Å². The van der Waals surface area contributed by atoms with Crippen LogP contribution in [0, 0.1) is 0 Å². The number of rotatable bonds is 3. The average Bonchev–Trinajstić information content (AvgIpc) is 2.32. The second-order valence-corrected chi connectivity index (χ2v) is 4.49. The van der Waals surface area contributed by atoms with E-state index in [1.807, 2.05) is 18.2 Å². The second kappa shape index (κ2) is 5.27. The zero-order chi connectivity index (χ0) is 11.4. The van der Waals surface area contributed by atoms with E-state index >= 15 is 0 Å². The molecule has 0 aliphatic heterocycles. The Labute approximate surface area is 107 Å². The summed E-state index contributed by atoms with van der Waals surface area (Å²) in [6.45, 7) is 0.711. The van der Waals surface area contributed by atoms with Crippen LogP contribution >= 0.6 is 27.5 Å². The van der Waals surface area contributed by atoms with E-state index in [1.165, 1.54) is 6.33 Å². The number of aromatic nitrogens is 2. The fourth-order valence-corrected chi connectivity index (χ4v) is 1.79. The highest BCUT2D eigenvalue weighted by Gasteiger charge is 1.99. The molecule has 0 saturated heterocycles. The van der Waals surface area contributed by atoms with Crippen LogP contribution in [0.3, 0.4) is 0 Å². The quantitative estimate of drug-likeness (QED) is 0.942. The topological polar surface area (TPSA) is 37.8 Å². The van der Waals surface area contributed by atoms with E-state index in [0.717, 1.165) is 15.7 Å². The van der Waals surface area contributed by atoms with Crippen LogP contribution in [0.15, 0.2) is 41.4 Å². The van der Waals surface area contributed by atoms with E-state index < -0.39 is 0 Å². The number of anilines is 1. The third-order valence-electron chi connectivity index (χ3n) is 2.04. The molecule has 0 bridgehead atoms. The lowest BCUT2D eigenvalue weighted by atomic mass is 10.2. The molecule has 0 fully saturated rings. The monoisotopic (exact) mass is 297 g/mol. The molecule has 2 aromatic rings. The van der Waals surface area contributed by atoms with Crippen molar-refractivity contribution in [2.24, 2.45) is 0 Å². The summed E-state index contributed by atoms with van der Waals surface area (Å²) in [6, 6.07) is 5.83. The first-order valence-corrected chi connectivity index (χ1v) is 5.85. The van der Waals surface area contributed by atoms with E-state index in [9.17, 15) is 0 Å². The summed E-state index contributed by atoms with van der Waals surface area (Å²) in [7, 11) is 0. The first-order chi connectivity index (χ1) is 7.75. The number of halogens is 2. The standard InChI is InChI=1S/C11H9BrClN3/c12-10-3-8(1-2-11(10)13)4-16-9-5-14-7-15-6-9/h1-3,5-7,16H,4H2. The first kappa shape index (κ1) is 11.4. The predicted molar refractivity (Wildman–Crippen MR) is 68.5 cm³/mol. The van der Waals surface area contributed by atoms with Crippen molar-refractivity contribution < 1.29 is 0 Å². The third kappa shape index (κ3) is 2.93. The third-order valence-corrected chi connectivity index (χ3v) is 3.26. The molecule has 1 aromatic heterocycles. The van der Waals surface area contributed by atoms with Gasteiger partial charge in [0.2, 0.25) is 0 Å². The molecule has 0 radical (unpaired) electrons. The molecule has 0 aliphatic rings. The van der Waals surface area contributed by atoms with Crippen molar-refractivity contribution in [3.63, 3.8) is 0 Å². The van der Waals surface area contributed by atoms with Crippen molar-refractivity contribution in [2.45, 2.75) is 6.54 Å². The Kier molecular flexibility index (Phi) is 3.74. The lowest BCUT2D eigenvalue weighted by molar-refractivity contribution is 1.10. The van der Waals surface area contributed by atoms with Gasteiger partial charge in [0.15, 0.2) is 0 Å². The minimum absolute atomic E-state index is 0.711. The van der Waals surface area contributed by atoms with Crippen LogP contribution in [0.5, 0.6) is 0 Å². The normalized spacial score (nSPS) is 10.1. The highest BCUT2D eigenvalue weighted by Crippen LogP contribution is 2.23. The van der Waals surface area contributed by atoms with Crippen LogP contribution in [-0.2, 0) is 6.54 Å². The summed E-state index contributed by atoms with van der Waals surface area (Å²) in [5.41, 5.74) is 2.04. The Balaban J connectivity index is 2.03. The van der Waals surface area contributed by atoms with E-state index in [-0.39, 0.29) is 0 Å². The van der Waals surface area contributed by atoms with E-state index in [0.29, 0.717) is 11.6 Å². The summed E-state index contributed by atoms with van der Waals surface area (Å²) in [5.74, 6) is 0. The molecule has 82 valence electrons. The summed E-state index contributed by atoms with van der Waals surface area (Å²) in [4.78, 5) is 7.85. The van der Waals surface area contributed by atoms with Crippen LogP contribution in [-0.4, -0.2) is 9.97 Å². The number of hydrogen-bond acceptors (Lipinski definition) is 3. The number of nitrogens with zero attached hydrogens (tertiary/aromatic N) is 2. The Morgan fingerprint density at radius 2 is 2.00 bits per heavy atom. The fraction of sp³-hybridized carbons (Fsp3) is 0.0909. The molecule has 1 aromatic carbocycles. The van der Waals surface area contributed by atoms with Crippen LogP contribution in [0.4, 0.5) is 5.69 Å². The van der Waals surface area contributed by atoms with Crippen LogP contribution in [0.2, 0.25) is 5.02 Å². The largest absolute Gasteiger partial charge is 0.378 e. The molecule has 5 heteroatoms. The second-order valence-electron chi connectivity index (χ2n) is 3.23. The lowest BCUT2D eigenvalue weighted by Gasteiger charge is -2.06. The zero-order valence-corrected chi connectivity index (χ0v) is 10.7. The highest BCUT2D eigenvalue weighted by atomic mass is 79.9. The minimum atomic E-state index is 0.711. The summed E-state index contributed by atoms with van der Waals surface area (Å²) in [5, 5.41) is 3.93. The van der Waals surface area contributed by atoms with Gasteiger partial charge in [-0.3, -0.25) is 0 Å². The van der Waals surface area contributed by atoms with Gasteiger partial charge in [0.25, 0.3) is 0 Å². The molecule has 0 atom stereocenters. The van der Waals surface area contributed by atoms with Crippen molar-refractivity contribution >= 4 is 33.2 Å². The molecule has 0 amide bonds. The maximum absolute atomic E-state index is 5.91. The Bertz CT molecular complexity index is 476. The SMILES string of the molecule is Clc1ccc(CNc2cncnc2)cc1Br. The van der Waals surface area contributed by atoms with Gasteiger partial charge in [0.05, 0.1) is 23.1 Å². The maximum Gasteiger partial charge on any atom is 0.115 e. The number of benzene rings is 1. The van der Waals surface area contributed by atoms with Gasteiger partial charge in [-0.2, -0.15) is 0 Å². The van der Waals surface area contributed by atoms with Gasteiger partial charge in [-0.05, 0) is 33.6 Å². The highest BCUT2D eigenvalue weighted by molar-refractivity contribution is 9.10. The van der Waals surface area contributed by atoms with E-state index in [4.69, 9.17) is 11.6 Å². The molecule has 3 nitrogen and oxygen atoms in total. The Morgan fingerprint density at radius 1 is 1.25 bits per heavy atom. The Hall–Kier alpha value is -1.13. The molecule has 1 N–H and O–H groups in total. The van der Waals surface area contributed by atoms with Gasteiger partial charge < -0.3 is 5.32 Å². The molecular weight excluding hydrogens is 289 g/mol. The van der Waals surface area contributed by atoms with Gasteiger partial charge in [-0.15, -0.1) is 0 Å². The van der Waals surface area contributed by atoms with Gasteiger partial charge in [-0.1, -0.05) is 17.7 Å². The van der Waals surface area contributed by atoms with Crippen molar-refractivity contribution in [2.75, 3.05) is 5.32 Å². The summed E-state index contributed by atoms with van der Waals surface area (Å²) in [6.07, 6.45) is 4.97. The lowest BCUT2D eigenvalue weighted by Crippen LogP contribution is -2.00. The molecule has 0 saturated carbocycles. The fourth-order valence-electron chi connectivity index (χ4n) is 1.24. The molecule has 0 unspecified atom stereocenters. The molecule has 2 rings (SSSR count). The number of hydrogen-bond donors (Lipinski definition) is 1. The van der Waals surface area contributed by atoms with Gasteiger partial charge in [-0.25, -0.2) is 9.97 Å². The van der Waals surface area contributed by atoms with Crippen LogP contribution < -0.4 is 5.32 Å². The van der Waals surface area contributed by atoms with E-state index in [1.54, 1.807) is 12.4 Å².